The summed E-state index contributed by atoms with van der Waals surface area (Å²) in [5.41, 5.74) is 6.90. The molecule has 1 aliphatic heterocycles. The number of allylic oxidation sites excluding steroid dienone is 3. The lowest BCUT2D eigenvalue weighted by molar-refractivity contribution is -0.119. The second-order valence-corrected chi connectivity index (χ2v) is 10.8. The molecule has 1 heterocycles. The minimum absolute atomic E-state index is 0.0955. The molecule has 2 N–H and O–H groups in total. The van der Waals surface area contributed by atoms with Gasteiger partial charge in [0.05, 0.1) is 10.8 Å². The number of ketones is 1. The number of Topliss-reactive ketones (excluding diaryl/α,β-unsaturated/α-hetero) is 1. The Bertz CT molecular complexity index is 1180. The molecule has 5 nitrogen and oxygen atoms in total. The van der Waals surface area contributed by atoms with Crippen molar-refractivity contribution in [3.8, 4) is 0 Å². The molecule has 0 aromatic heterocycles. The fourth-order valence-electron chi connectivity index (χ4n) is 4.13. The minimum atomic E-state index is -4.01. The van der Waals surface area contributed by atoms with E-state index in [9.17, 15) is 13.2 Å². The summed E-state index contributed by atoms with van der Waals surface area (Å²) in [7, 11) is -4.01. The Hall–Kier alpha value is -2.57. The van der Waals surface area contributed by atoms with Crippen molar-refractivity contribution in [1.29, 1.82) is 0 Å². The third kappa shape index (κ3) is 3.55. The van der Waals surface area contributed by atoms with Crippen LogP contribution in [0.25, 0.3) is 0 Å². The van der Waals surface area contributed by atoms with Gasteiger partial charge in [0, 0.05) is 23.4 Å². The van der Waals surface area contributed by atoms with Crippen LogP contribution in [0.2, 0.25) is 5.02 Å². The van der Waals surface area contributed by atoms with E-state index in [-0.39, 0.29) is 26.9 Å². The molecular weight excluding hydrogens is 422 g/mol. The van der Waals surface area contributed by atoms with E-state index in [2.05, 4.69) is 0 Å². The fraction of sp³-hybridized carbons (Fsp3) is 0.261. The first-order valence-electron chi connectivity index (χ1n) is 9.59. The fourth-order valence-corrected chi connectivity index (χ4v) is 5.90. The van der Waals surface area contributed by atoms with E-state index in [4.69, 9.17) is 22.1 Å². The lowest BCUT2D eigenvalue weighted by Gasteiger charge is -2.38. The number of halogens is 1. The Balaban J connectivity index is 1.96. The van der Waals surface area contributed by atoms with Gasteiger partial charge < -0.3 is 10.5 Å². The van der Waals surface area contributed by atoms with Crippen molar-refractivity contribution in [2.75, 3.05) is 0 Å². The molecule has 2 aliphatic rings. The lowest BCUT2D eigenvalue weighted by Crippen LogP contribution is -2.35. The standard InChI is InChI=1S/C23H22ClNO4S/c1-23(2)12-17(26)20-18(13-23)29-22(25)21(19(20)14-8-10-15(24)11-9-14)30(27,28)16-6-4-3-5-7-16/h3-11,19H,12-13,25H2,1-2H3/t19-/m0/s1. The summed E-state index contributed by atoms with van der Waals surface area (Å²) >= 11 is 6.05. The highest BCUT2D eigenvalue weighted by molar-refractivity contribution is 7.95. The molecule has 156 valence electrons. The molecule has 0 radical (unpaired) electrons. The smallest absolute Gasteiger partial charge is 0.208 e. The summed E-state index contributed by atoms with van der Waals surface area (Å²) in [5.74, 6) is -0.724. The topological polar surface area (TPSA) is 86.5 Å². The molecule has 0 unspecified atom stereocenters. The molecule has 2 aromatic carbocycles. The SMILES string of the molecule is CC1(C)CC(=O)C2=C(C1)OC(N)=C(S(=O)(=O)c1ccccc1)[C@H]2c1ccc(Cl)cc1. The van der Waals surface area contributed by atoms with Crippen LogP contribution >= 0.6 is 11.6 Å². The summed E-state index contributed by atoms with van der Waals surface area (Å²) in [4.78, 5) is 13.2. The van der Waals surface area contributed by atoms with E-state index in [1.54, 1.807) is 42.5 Å². The molecule has 0 saturated carbocycles. The first kappa shape index (κ1) is 20.7. The average molecular weight is 444 g/mol. The van der Waals surface area contributed by atoms with Crippen molar-refractivity contribution in [3.63, 3.8) is 0 Å². The van der Waals surface area contributed by atoms with Gasteiger partial charge in [-0.2, -0.15) is 0 Å². The van der Waals surface area contributed by atoms with Crippen LogP contribution in [0, 0.1) is 5.41 Å². The number of benzene rings is 2. The summed E-state index contributed by atoms with van der Waals surface area (Å²) in [6.07, 6.45) is 0.801. The zero-order valence-electron chi connectivity index (χ0n) is 16.7. The van der Waals surface area contributed by atoms with Crippen molar-refractivity contribution in [2.45, 2.75) is 37.5 Å². The van der Waals surface area contributed by atoms with E-state index < -0.39 is 15.8 Å². The molecule has 7 heteroatoms. The number of hydrogen-bond acceptors (Lipinski definition) is 5. The number of sulfone groups is 1. The maximum absolute atomic E-state index is 13.6. The second kappa shape index (κ2) is 7.29. The Morgan fingerprint density at radius 3 is 2.30 bits per heavy atom. The molecule has 30 heavy (non-hydrogen) atoms. The molecular formula is C23H22ClNO4S. The van der Waals surface area contributed by atoms with Gasteiger partial charge in [0.1, 0.15) is 10.7 Å². The Morgan fingerprint density at radius 1 is 1.03 bits per heavy atom. The van der Waals surface area contributed by atoms with Crippen molar-refractivity contribution in [1.82, 2.24) is 0 Å². The van der Waals surface area contributed by atoms with Crippen LogP contribution in [0.4, 0.5) is 0 Å². The molecule has 1 aliphatic carbocycles. The van der Waals surface area contributed by atoms with Crippen LogP contribution in [0.3, 0.4) is 0 Å². The largest absolute Gasteiger partial charge is 0.444 e. The van der Waals surface area contributed by atoms with E-state index in [1.165, 1.54) is 12.1 Å². The molecule has 0 spiro atoms. The third-order valence-electron chi connectivity index (χ3n) is 5.45. The molecule has 1 atom stereocenters. The zero-order valence-corrected chi connectivity index (χ0v) is 18.3. The molecule has 0 bridgehead atoms. The van der Waals surface area contributed by atoms with Crippen molar-refractivity contribution < 1.29 is 17.9 Å². The van der Waals surface area contributed by atoms with E-state index in [1.807, 2.05) is 13.8 Å². The Labute approximate surface area is 181 Å². The van der Waals surface area contributed by atoms with Gasteiger partial charge in [0.2, 0.25) is 15.7 Å². The van der Waals surface area contributed by atoms with Crippen LogP contribution in [-0.4, -0.2) is 14.2 Å². The van der Waals surface area contributed by atoms with Crippen LogP contribution < -0.4 is 5.73 Å². The third-order valence-corrected chi connectivity index (χ3v) is 7.61. The summed E-state index contributed by atoms with van der Waals surface area (Å²) in [5, 5.41) is 0.514. The maximum Gasteiger partial charge on any atom is 0.208 e. The summed E-state index contributed by atoms with van der Waals surface area (Å²) in [6.45, 7) is 3.96. The first-order valence-corrected chi connectivity index (χ1v) is 11.5. The number of rotatable bonds is 3. The van der Waals surface area contributed by atoms with E-state index >= 15 is 0 Å². The van der Waals surface area contributed by atoms with Gasteiger partial charge in [-0.05, 0) is 35.2 Å². The van der Waals surface area contributed by atoms with Gasteiger partial charge in [-0.25, -0.2) is 8.42 Å². The van der Waals surface area contributed by atoms with Gasteiger partial charge in [-0.3, -0.25) is 4.79 Å². The number of nitrogens with two attached hydrogens (primary N) is 1. The summed E-state index contributed by atoms with van der Waals surface area (Å²) < 4.78 is 33.0. The van der Waals surface area contributed by atoms with Crippen molar-refractivity contribution >= 4 is 27.2 Å². The minimum Gasteiger partial charge on any atom is -0.444 e. The highest BCUT2D eigenvalue weighted by atomic mass is 35.5. The van der Waals surface area contributed by atoms with E-state index in [0.717, 1.165) is 0 Å². The molecule has 2 aromatic rings. The van der Waals surface area contributed by atoms with E-state index in [0.29, 0.717) is 34.8 Å². The van der Waals surface area contributed by atoms with Crippen LogP contribution in [0.1, 0.15) is 38.2 Å². The highest BCUT2D eigenvalue weighted by Gasteiger charge is 2.46. The highest BCUT2D eigenvalue weighted by Crippen LogP contribution is 2.50. The molecule has 0 amide bonds. The van der Waals surface area contributed by atoms with Gasteiger partial charge in [-0.15, -0.1) is 0 Å². The van der Waals surface area contributed by atoms with Crippen molar-refractivity contribution in [2.24, 2.45) is 11.1 Å². The van der Waals surface area contributed by atoms with Crippen LogP contribution in [0.5, 0.6) is 0 Å². The van der Waals surface area contributed by atoms with Crippen LogP contribution in [-0.2, 0) is 19.4 Å². The number of carbonyl (C=O) groups excluding carboxylic acids is 1. The van der Waals surface area contributed by atoms with Crippen molar-refractivity contribution in [3.05, 3.63) is 87.3 Å². The zero-order chi connectivity index (χ0) is 21.7. The van der Waals surface area contributed by atoms with Crippen LogP contribution in [0.15, 0.2) is 81.6 Å². The number of ether oxygens (including phenoxy) is 1. The normalized spacial score (nSPS) is 21.3. The molecule has 0 fully saturated rings. The first-order chi connectivity index (χ1) is 14.1. The maximum atomic E-state index is 13.6. The second-order valence-electron chi connectivity index (χ2n) is 8.41. The lowest BCUT2D eigenvalue weighted by atomic mass is 9.72. The predicted octanol–water partition coefficient (Wildman–Crippen LogP) is 4.70. The number of carbonyl (C=O) groups is 1. The Morgan fingerprint density at radius 2 is 1.67 bits per heavy atom. The summed E-state index contributed by atoms with van der Waals surface area (Å²) in [6, 6.07) is 14.8. The number of hydrogen-bond donors (Lipinski definition) is 1. The van der Waals surface area contributed by atoms with Gasteiger partial charge >= 0.3 is 0 Å². The average Bonchev–Trinajstić information content (AvgIpc) is 2.67. The molecule has 4 rings (SSSR count). The predicted molar refractivity (Wildman–Crippen MR) is 115 cm³/mol. The molecule has 0 saturated heterocycles. The monoisotopic (exact) mass is 443 g/mol. The van der Waals surface area contributed by atoms with Gasteiger partial charge in [-0.1, -0.05) is 55.8 Å². The van der Waals surface area contributed by atoms with Gasteiger partial charge in [0.25, 0.3) is 0 Å². The quantitative estimate of drug-likeness (QED) is 0.743. The Kier molecular flexibility index (Phi) is 5.03. The van der Waals surface area contributed by atoms with Gasteiger partial charge in [0.15, 0.2) is 5.78 Å².